The van der Waals surface area contributed by atoms with Crippen molar-refractivity contribution < 1.29 is 4.74 Å². The number of aromatic nitrogens is 2. The smallest absolute Gasteiger partial charge is 0.233 e. The highest BCUT2D eigenvalue weighted by atomic mass is 35.5. The van der Waals surface area contributed by atoms with E-state index in [-0.39, 0.29) is 0 Å². The molecule has 1 aliphatic heterocycles. The third-order valence-electron chi connectivity index (χ3n) is 3.33. The Balaban J connectivity index is 1.40. The van der Waals surface area contributed by atoms with Crippen molar-refractivity contribution in [1.29, 1.82) is 0 Å². The lowest BCUT2D eigenvalue weighted by Crippen LogP contribution is -2.48. The second-order valence-electron chi connectivity index (χ2n) is 5.04. The Kier molecular flexibility index (Phi) is 4.14. The fraction of sp³-hybridized carbons (Fsp3) is 0.333. The first kappa shape index (κ1) is 13.3. The van der Waals surface area contributed by atoms with Crippen LogP contribution in [-0.4, -0.2) is 34.6 Å². The van der Waals surface area contributed by atoms with Crippen LogP contribution in [0.15, 0.2) is 42.7 Å². The summed E-state index contributed by atoms with van der Waals surface area (Å²) in [6.45, 7) is 3.79. The highest BCUT2D eigenvalue weighted by molar-refractivity contribution is 6.29. The van der Waals surface area contributed by atoms with E-state index in [1.54, 1.807) is 6.20 Å². The molecule has 0 unspecified atom stereocenters. The zero-order valence-electron chi connectivity index (χ0n) is 11.1. The molecule has 4 nitrogen and oxygen atoms in total. The summed E-state index contributed by atoms with van der Waals surface area (Å²) >= 11 is 5.76. The lowest BCUT2D eigenvalue weighted by Gasteiger charge is -2.38. The third kappa shape index (κ3) is 3.46. The second-order valence-corrected chi connectivity index (χ2v) is 5.42. The van der Waals surface area contributed by atoms with Gasteiger partial charge in [0.1, 0.15) is 0 Å². The number of likely N-dealkylation sites (tertiary alicyclic amines) is 1. The number of hydrogen-bond donors (Lipinski definition) is 0. The maximum Gasteiger partial charge on any atom is 0.233 e. The van der Waals surface area contributed by atoms with Crippen LogP contribution in [0.5, 0.6) is 5.88 Å². The molecule has 0 bridgehead atoms. The van der Waals surface area contributed by atoms with Crippen molar-refractivity contribution in [3.63, 3.8) is 0 Å². The molecule has 1 aromatic carbocycles. The van der Waals surface area contributed by atoms with Gasteiger partial charge in [-0.15, -0.1) is 0 Å². The van der Waals surface area contributed by atoms with E-state index in [0.717, 1.165) is 19.6 Å². The van der Waals surface area contributed by atoms with E-state index in [2.05, 4.69) is 39.1 Å². The van der Waals surface area contributed by atoms with Gasteiger partial charge in [-0.25, -0.2) is 0 Å². The molecule has 1 saturated heterocycles. The first-order chi connectivity index (χ1) is 9.79. The Morgan fingerprint density at radius 2 is 2.00 bits per heavy atom. The number of hydrogen-bond acceptors (Lipinski definition) is 4. The number of nitrogens with zero attached hydrogens (tertiary/aromatic N) is 3. The summed E-state index contributed by atoms with van der Waals surface area (Å²) in [7, 11) is 0. The van der Waals surface area contributed by atoms with Gasteiger partial charge in [0.05, 0.1) is 19.0 Å². The van der Waals surface area contributed by atoms with Crippen LogP contribution < -0.4 is 4.74 Å². The van der Waals surface area contributed by atoms with Gasteiger partial charge >= 0.3 is 0 Å². The predicted octanol–water partition coefficient (Wildman–Crippen LogP) is 2.64. The number of halogens is 1. The normalized spacial score (nSPS) is 15.8. The lowest BCUT2D eigenvalue weighted by molar-refractivity contribution is 0.0543. The Morgan fingerprint density at radius 1 is 1.20 bits per heavy atom. The molecule has 20 heavy (non-hydrogen) atoms. The molecular formula is C15H16ClN3O. The molecule has 1 aliphatic rings. The van der Waals surface area contributed by atoms with Crippen LogP contribution in [0.2, 0.25) is 5.15 Å². The van der Waals surface area contributed by atoms with E-state index >= 15 is 0 Å². The van der Waals surface area contributed by atoms with Gasteiger partial charge in [0.25, 0.3) is 0 Å². The van der Waals surface area contributed by atoms with Gasteiger partial charge in [-0.1, -0.05) is 41.9 Å². The highest BCUT2D eigenvalue weighted by Crippen LogP contribution is 2.19. The summed E-state index contributed by atoms with van der Waals surface area (Å²) in [5.41, 5.74) is 1.35. The molecule has 0 N–H and O–H groups in total. The minimum absolute atomic E-state index is 0.363. The molecule has 3 rings (SSSR count). The minimum atomic E-state index is 0.363. The molecule has 0 amide bonds. The molecule has 0 atom stereocenters. The largest absolute Gasteiger partial charge is 0.476 e. The quantitative estimate of drug-likeness (QED) is 0.848. The van der Waals surface area contributed by atoms with Crippen molar-refractivity contribution in [3.8, 4) is 5.88 Å². The molecule has 104 valence electrons. The zero-order valence-corrected chi connectivity index (χ0v) is 11.8. The predicted molar refractivity (Wildman–Crippen MR) is 77.7 cm³/mol. The fourth-order valence-electron chi connectivity index (χ4n) is 2.35. The van der Waals surface area contributed by atoms with Crippen molar-refractivity contribution >= 4 is 11.6 Å². The monoisotopic (exact) mass is 289 g/mol. The van der Waals surface area contributed by atoms with Crippen molar-refractivity contribution in [1.82, 2.24) is 14.9 Å². The Morgan fingerprint density at radius 3 is 2.75 bits per heavy atom. The second kappa shape index (κ2) is 6.20. The maximum absolute atomic E-state index is 5.76. The summed E-state index contributed by atoms with van der Waals surface area (Å²) in [6.07, 6.45) is 3.09. The highest BCUT2D eigenvalue weighted by Gasteiger charge is 2.27. The van der Waals surface area contributed by atoms with Crippen LogP contribution in [0, 0.1) is 5.92 Å². The van der Waals surface area contributed by atoms with E-state index in [1.807, 2.05) is 6.07 Å². The molecule has 5 heteroatoms. The first-order valence-electron chi connectivity index (χ1n) is 6.66. The lowest BCUT2D eigenvalue weighted by atomic mass is 10.0. The molecule has 2 heterocycles. The molecule has 1 aromatic heterocycles. The van der Waals surface area contributed by atoms with Crippen molar-refractivity contribution in [2.24, 2.45) is 5.92 Å². The molecule has 0 radical (unpaired) electrons. The van der Waals surface area contributed by atoms with Crippen LogP contribution in [-0.2, 0) is 6.54 Å². The maximum atomic E-state index is 5.76. The SMILES string of the molecule is Clc1cncc(OCC2CN(Cc3ccccc3)C2)n1. The van der Waals surface area contributed by atoms with Gasteiger partial charge in [-0.3, -0.25) is 9.88 Å². The van der Waals surface area contributed by atoms with Gasteiger partial charge in [-0.05, 0) is 5.56 Å². The van der Waals surface area contributed by atoms with E-state index < -0.39 is 0 Å². The molecule has 0 aliphatic carbocycles. The van der Waals surface area contributed by atoms with Gasteiger partial charge in [0.15, 0.2) is 5.15 Å². The van der Waals surface area contributed by atoms with E-state index in [9.17, 15) is 0 Å². The van der Waals surface area contributed by atoms with E-state index in [1.165, 1.54) is 11.8 Å². The Bertz CT molecular complexity index is 558. The summed E-state index contributed by atoms with van der Waals surface area (Å²) in [5.74, 6) is 1.05. The number of rotatable bonds is 5. The molecular weight excluding hydrogens is 274 g/mol. The molecule has 0 spiro atoms. The van der Waals surface area contributed by atoms with Crippen LogP contribution in [0.25, 0.3) is 0 Å². The topological polar surface area (TPSA) is 38.2 Å². The van der Waals surface area contributed by atoms with Gasteiger partial charge in [-0.2, -0.15) is 4.98 Å². The van der Waals surface area contributed by atoms with Crippen LogP contribution in [0.1, 0.15) is 5.56 Å². The van der Waals surface area contributed by atoms with Gasteiger partial charge in [0, 0.05) is 25.6 Å². The summed E-state index contributed by atoms with van der Waals surface area (Å²) in [4.78, 5) is 10.4. The summed E-state index contributed by atoms with van der Waals surface area (Å²) < 4.78 is 5.60. The summed E-state index contributed by atoms with van der Waals surface area (Å²) in [6, 6.07) is 10.5. The van der Waals surface area contributed by atoms with Crippen LogP contribution in [0.3, 0.4) is 0 Å². The van der Waals surface area contributed by atoms with Crippen molar-refractivity contribution in [2.75, 3.05) is 19.7 Å². The molecule has 2 aromatic rings. The zero-order chi connectivity index (χ0) is 13.8. The van der Waals surface area contributed by atoms with Crippen molar-refractivity contribution in [3.05, 3.63) is 53.4 Å². The van der Waals surface area contributed by atoms with E-state index in [0.29, 0.717) is 23.6 Å². The van der Waals surface area contributed by atoms with Gasteiger partial charge in [0.2, 0.25) is 5.88 Å². The minimum Gasteiger partial charge on any atom is -0.476 e. The van der Waals surface area contributed by atoms with E-state index in [4.69, 9.17) is 16.3 Å². The first-order valence-corrected chi connectivity index (χ1v) is 7.04. The van der Waals surface area contributed by atoms with Crippen LogP contribution in [0.4, 0.5) is 0 Å². The third-order valence-corrected chi connectivity index (χ3v) is 3.51. The molecule has 0 saturated carbocycles. The molecule has 1 fully saturated rings. The Hall–Kier alpha value is -1.65. The van der Waals surface area contributed by atoms with Crippen molar-refractivity contribution in [2.45, 2.75) is 6.54 Å². The number of ether oxygens (including phenoxy) is 1. The standard InChI is InChI=1S/C15H16ClN3O/c16-14-6-17-7-15(18-14)20-11-13-9-19(10-13)8-12-4-2-1-3-5-12/h1-7,13H,8-11H2. The number of benzene rings is 1. The fourth-order valence-corrected chi connectivity index (χ4v) is 2.49. The average Bonchev–Trinajstić information content (AvgIpc) is 2.42. The average molecular weight is 290 g/mol. The Labute approximate surface area is 123 Å². The summed E-state index contributed by atoms with van der Waals surface area (Å²) in [5, 5.41) is 0.363. The van der Waals surface area contributed by atoms with Crippen LogP contribution >= 0.6 is 11.6 Å². The van der Waals surface area contributed by atoms with Gasteiger partial charge < -0.3 is 4.74 Å².